The molecule has 0 aliphatic heterocycles. The van der Waals surface area contributed by atoms with E-state index in [0.717, 1.165) is 13.0 Å². The summed E-state index contributed by atoms with van der Waals surface area (Å²) in [6.07, 6.45) is 3.57. The maximum Gasteiger partial charge on any atom is 0.246 e. The Hall–Kier alpha value is -0.130. The van der Waals surface area contributed by atoms with Gasteiger partial charge in [-0.2, -0.15) is 0 Å². The minimum atomic E-state index is -0.0332. The Kier molecular flexibility index (Phi) is 7.00. The molecule has 0 bridgehead atoms. The zero-order valence-corrected chi connectivity index (χ0v) is 11.3. The molecule has 2 atom stereocenters. The normalized spacial score (nSPS) is 24.6. The van der Waals surface area contributed by atoms with Crippen molar-refractivity contribution in [2.45, 2.75) is 24.1 Å². The first kappa shape index (κ1) is 13.9. The summed E-state index contributed by atoms with van der Waals surface area (Å²) < 4.78 is 9.94. The van der Waals surface area contributed by atoms with Crippen LogP contribution in [0.5, 0.6) is 0 Å². The van der Waals surface area contributed by atoms with Gasteiger partial charge in [-0.3, -0.25) is 4.79 Å². The zero-order valence-electron chi connectivity index (χ0n) is 9.71. The second-order valence-electron chi connectivity index (χ2n) is 4.13. The quantitative estimate of drug-likeness (QED) is 0.569. The van der Waals surface area contributed by atoms with Crippen LogP contribution in [0.15, 0.2) is 0 Å². The van der Waals surface area contributed by atoms with Crippen LogP contribution >= 0.6 is 15.9 Å². The Morgan fingerprint density at radius 3 is 2.88 bits per heavy atom. The molecule has 16 heavy (non-hydrogen) atoms. The monoisotopic (exact) mass is 293 g/mol. The van der Waals surface area contributed by atoms with Crippen LogP contribution in [0.2, 0.25) is 0 Å². The highest BCUT2D eigenvalue weighted by Crippen LogP contribution is 2.29. The molecule has 1 fully saturated rings. The van der Waals surface area contributed by atoms with Crippen LogP contribution in [0.4, 0.5) is 0 Å². The van der Waals surface area contributed by atoms with Crippen molar-refractivity contribution >= 4 is 21.8 Å². The number of halogens is 1. The van der Waals surface area contributed by atoms with E-state index in [4.69, 9.17) is 9.47 Å². The highest BCUT2D eigenvalue weighted by Gasteiger charge is 2.22. The fourth-order valence-electron chi connectivity index (χ4n) is 1.82. The minimum absolute atomic E-state index is 0.0332. The molecule has 0 radical (unpaired) electrons. The lowest BCUT2D eigenvalue weighted by Crippen LogP contribution is -2.32. The Balaban J connectivity index is 1.97. The van der Waals surface area contributed by atoms with E-state index < -0.39 is 0 Å². The van der Waals surface area contributed by atoms with Gasteiger partial charge >= 0.3 is 0 Å². The van der Waals surface area contributed by atoms with Crippen molar-refractivity contribution in [2.24, 2.45) is 5.92 Å². The lowest BCUT2D eigenvalue weighted by Gasteiger charge is -2.10. The third-order valence-electron chi connectivity index (χ3n) is 2.73. The molecular weight excluding hydrogens is 274 g/mol. The van der Waals surface area contributed by atoms with Crippen molar-refractivity contribution in [3.05, 3.63) is 0 Å². The average Bonchev–Trinajstić information content (AvgIpc) is 2.68. The molecular formula is C11H20BrNO3. The summed E-state index contributed by atoms with van der Waals surface area (Å²) in [7, 11) is 1.61. The molecule has 2 unspecified atom stereocenters. The van der Waals surface area contributed by atoms with Gasteiger partial charge < -0.3 is 14.8 Å². The van der Waals surface area contributed by atoms with Crippen LogP contribution in [0.1, 0.15) is 19.3 Å². The van der Waals surface area contributed by atoms with Gasteiger partial charge in [0, 0.05) is 18.5 Å². The Labute approximate surface area is 105 Å². The fraction of sp³-hybridized carbons (Fsp3) is 0.909. The molecule has 1 saturated carbocycles. The van der Waals surface area contributed by atoms with Crippen LogP contribution in [0.3, 0.4) is 0 Å². The van der Waals surface area contributed by atoms with E-state index in [-0.39, 0.29) is 12.5 Å². The third kappa shape index (κ3) is 5.82. The van der Waals surface area contributed by atoms with Crippen molar-refractivity contribution < 1.29 is 14.3 Å². The number of nitrogens with one attached hydrogen (secondary N) is 1. The number of carbonyl (C=O) groups is 1. The molecule has 5 heteroatoms. The number of alkyl halides is 1. The molecule has 0 heterocycles. The maximum absolute atomic E-state index is 11.4. The Bertz CT molecular complexity index is 213. The SMILES string of the molecule is COCCOCC(=O)NCC1CCC(Br)C1. The molecule has 0 aromatic heterocycles. The number of hydrogen-bond donors (Lipinski definition) is 1. The Morgan fingerprint density at radius 2 is 2.25 bits per heavy atom. The molecule has 4 nitrogen and oxygen atoms in total. The first-order valence-electron chi connectivity index (χ1n) is 5.69. The number of ether oxygens (including phenoxy) is 2. The van der Waals surface area contributed by atoms with Gasteiger partial charge in [-0.25, -0.2) is 0 Å². The molecule has 1 N–H and O–H groups in total. The largest absolute Gasteiger partial charge is 0.382 e. The lowest BCUT2D eigenvalue weighted by molar-refractivity contribution is -0.126. The van der Waals surface area contributed by atoms with Gasteiger partial charge in [-0.1, -0.05) is 15.9 Å². The van der Waals surface area contributed by atoms with Crippen LogP contribution in [-0.4, -0.2) is 44.2 Å². The predicted molar refractivity (Wildman–Crippen MR) is 65.8 cm³/mol. The minimum Gasteiger partial charge on any atom is -0.382 e. The average molecular weight is 294 g/mol. The van der Waals surface area contributed by atoms with Crippen molar-refractivity contribution in [1.29, 1.82) is 0 Å². The van der Waals surface area contributed by atoms with Crippen molar-refractivity contribution in [1.82, 2.24) is 5.32 Å². The van der Waals surface area contributed by atoms with Gasteiger partial charge in [0.25, 0.3) is 0 Å². The van der Waals surface area contributed by atoms with E-state index in [1.807, 2.05) is 0 Å². The van der Waals surface area contributed by atoms with Crippen molar-refractivity contribution in [3.8, 4) is 0 Å². The molecule has 1 amide bonds. The van der Waals surface area contributed by atoms with E-state index in [2.05, 4.69) is 21.2 Å². The summed E-state index contributed by atoms with van der Waals surface area (Å²) >= 11 is 3.59. The van der Waals surface area contributed by atoms with Gasteiger partial charge in [-0.15, -0.1) is 0 Å². The van der Waals surface area contributed by atoms with Crippen LogP contribution in [0.25, 0.3) is 0 Å². The molecule has 0 spiro atoms. The maximum atomic E-state index is 11.4. The van der Waals surface area contributed by atoms with Gasteiger partial charge in [0.15, 0.2) is 0 Å². The summed E-state index contributed by atoms with van der Waals surface area (Å²) in [4.78, 5) is 12.0. The molecule has 0 saturated heterocycles. The molecule has 0 aromatic carbocycles. The van der Waals surface area contributed by atoms with E-state index >= 15 is 0 Å². The predicted octanol–water partition coefficient (Wildman–Crippen LogP) is 1.33. The van der Waals surface area contributed by atoms with Crippen molar-refractivity contribution in [2.75, 3.05) is 33.5 Å². The van der Waals surface area contributed by atoms with E-state index in [9.17, 15) is 4.79 Å². The third-order valence-corrected chi connectivity index (χ3v) is 3.56. The van der Waals surface area contributed by atoms with E-state index in [0.29, 0.717) is 24.0 Å². The number of hydrogen-bond acceptors (Lipinski definition) is 3. The highest BCUT2D eigenvalue weighted by atomic mass is 79.9. The second kappa shape index (κ2) is 8.03. The second-order valence-corrected chi connectivity index (χ2v) is 5.42. The number of methoxy groups -OCH3 is 1. The van der Waals surface area contributed by atoms with E-state index in [1.54, 1.807) is 7.11 Å². The highest BCUT2D eigenvalue weighted by molar-refractivity contribution is 9.09. The topological polar surface area (TPSA) is 47.6 Å². The summed E-state index contributed by atoms with van der Waals surface area (Å²) in [6.45, 7) is 1.90. The molecule has 94 valence electrons. The van der Waals surface area contributed by atoms with Crippen LogP contribution in [0, 0.1) is 5.92 Å². The number of carbonyl (C=O) groups excluding carboxylic acids is 1. The first-order chi connectivity index (χ1) is 7.72. The zero-order chi connectivity index (χ0) is 11.8. The Morgan fingerprint density at radius 1 is 1.44 bits per heavy atom. The van der Waals surface area contributed by atoms with Gasteiger partial charge in [-0.05, 0) is 25.2 Å². The summed E-state index contributed by atoms with van der Waals surface area (Å²) in [5.41, 5.74) is 0. The summed E-state index contributed by atoms with van der Waals surface area (Å²) in [5, 5.41) is 2.90. The smallest absolute Gasteiger partial charge is 0.246 e. The van der Waals surface area contributed by atoms with Gasteiger partial charge in [0.2, 0.25) is 5.91 Å². The molecule has 1 aliphatic carbocycles. The van der Waals surface area contributed by atoms with Crippen LogP contribution < -0.4 is 5.32 Å². The standard InChI is InChI=1S/C11H20BrNO3/c1-15-4-5-16-8-11(14)13-7-9-2-3-10(12)6-9/h9-10H,2-8H2,1H3,(H,13,14). The summed E-state index contributed by atoms with van der Waals surface area (Å²) in [5.74, 6) is 0.585. The molecule has 1 rings (SSSR count). The molecule has 0 aromatic rings. The van der Waals surface area contributed by atoms with Crippen LogP contribution in [-0.2, 0) is 14.3 Å². The molecule has 1 aliphatic rings. The summed E-state index contributed by atoms with van der Waals surface area (Å²) in [6, 6.07) is 0. The van der Waals surface area contributed by atoms with E-state index in [1.165, 1.54) is 12.8 Å². The number of rotatable bonds is 7. The van der Waals surface area contributed by atoms with Crippen molar-refractivity contribution in [3.63, 3.8) is 0 Å². The van der Waals surface area contributed by atoms with Gasteiger partial charge in [0.05, 0.1) is 13.2 Å². The lowest BCUT2D eigenvalue weighted by atomic mass is 10.1. The fourth-order valence-corrected chi connectivity index (χ4v) is 2.61. The van der Waals surface area contributed by atoms with Gasteiger partial charge in [0.1, 0.15) is 6.61 Å². The first-order valence-corrected chi connectivity index (χ1v) is 6.61. The number of amides is 1.